The third-order valence-electron chi connectivity index (χ3n) is 8.34. The first-order valence-corrected chi connectivity index (χ1v) is 14.7. The highest BCUT2D eigenvalue weighted by Crippen LogP contribution is 2.53. The molecule has 0 saturated carbocycles. The molecule has 1 atom stereocenters. The standard InChI is InChI=1S/C37H36O8/c1-41-30(38)21-20-27(24-14-8-5-9-15-24)28-22-37(35(39)43-3,36(40)44-4)23-29-31(28)32(33(42-2)25-16-10-6-11-17-25)34(45-29)26-18-12-7-13-19-26/h5-19,33H,20-23H2,1-4H3/b28-27+. The van der Waals surface area contributed by atoms with Crippen molar-refractivity contribution in [3.63, 3.8) is 0 Å². The predicted molar refractivity (Wildman–Crippen MR) is 169 cm³/mol. The molecular formula is C37H36O8. The fourth-order valence-corrected chi connectivity index (χ4v) is 6.24. The number of allylic oxidation sites excluding steroid dienone is 2. The average molecular weight is 609 g/mol. The smallest absolute Gasteiger partial charge is 0.324 e. The third-order valence-corrected chi connectivity index (χ3v) is 8.34. The molecule has 0 N–H and O–H groups in total. The summed E-state index contributed by atoms with van der Waals surface area (Å²) in [6.45, 7) is 0. The molecule has 1 aliphatic rings. The number of benzene rings is 3. The van der Waals surface area contributed by atoms with Gasteiger partial charge in [0.15, 0.2) is 5.41 Å². The molecule has 1 aromatic heterocycles. The number of furan rings is 1. The van der Waals surface area contributed by atoms with Crippen molar-refractivity contribution in [3.05, 3.63) is 119 Å². The monoisotopic (exact) mass is 608 g/mol. The van der Waals surface area contributed by atoms with Crippen molar-refractivity contribution in [1.29, 1.82) is 0 Å². The molecule has 0 fully saturated rings. The molecule has 5 rings (SSSR count). The summed E-state index contributed by atoms with van der Waals surface area (Å²) in [5.41, 5.74) is 3.73. The maximum atomic E-state index is 13.6. The van der Waals surface area contributed by atoms with Gasteiger partial charge in [0, 0.05) is 43.1 Å². The van der Waals surface area contributed by atoms with Crippen LogP contribution in [0.2, 0.25) is 0 Å². The molecule has 0 saturated heterocycles. The first kappa shape index (κ1) is 31.5. The van der Waals surface area contributed by atoms with E-state index in [0.717, 1.165) is 33.4 Å². The van der Waals surface area contributed by atoms with Gasteiger partial charge in [0.25, 0.3) is 0 Å². The molecule has 8 heteroatoms. The summed E-state index contributed by atoms with van der Waals surface area (Å²) in [5, 5.41) is 0. The Kier molecular flexibility index (Phi) is 9.64. The Labute approximate surface area is 262 Å². The first-order valence-electron chi connectivity index (χ1n) is 14.7. The van der Waals surface area contributed by atoms with Crippen molar-refractivity contribution in [2.75, 3.05) is 28.4 Å². The Morgan fingerprint density at radius 2 is 1.31 bits per heavy atom. The van der Waals surface area contributed by atoms with Crippen molar-refractivity contribution in [3.8, 4) is 11.3 Å². The van der Waals surface area contributed by atoms with Gasteiger partial charge in [-0.3, -0.25) is 14.4 Å². The number of carbonyl (C=O) groups excluding carboxylic acids is 3. The maximum absolute atomic E-state index is 13.6. The molecule has 3 aromatic carbocycles. The van der Waals surface area contributed by atoms with Gasteiger partial charge in [-0.15, -0.1) is 0 Å². The summed E-state index contributed by atoms with van der Waals surface area (Å²) in [6.07, 6.45) is -0.344. The minimum atomic E-state index is -1.73. The van der Waals surface area contributed by atoms with Crippen LogP contribution in [0.5, 0.6) is 0 Å². The second-order valence-corrected chi connectivity index (χ2v) is 10.9. The summed E-state index contributed by atoms with van der Waals surface area (Å²) in [7, 11) is 5.49. The number of ether oxygens (including phenoxy) is 4. The molecule has 1 unspecified atom stereocenters. The summed E-state index contributed by atoms with van der Waals surface area (Å²) in [4.78, 5) is 39.7. The Morgan fingerprint density at radius 1 is 0.733 bits per heavy atom. The molecule has 0 radical (unpaired) electrons. The number of fused-ring (bicyclic) bond motifs is 1. The number of hydrogen-bond donors (Lipinski definition) is 0. The zero-order chi connectivity index (χ0) is 32.0. The first-order chi connectivity index (χ1) is 21.9. The average Bonchev–Trinajstić information content (AvgIpc) is 3.47. The van der Waals surface area contributed by atoms with E-state index in [4.69, 9.17) is 23.4 Å². The quantitative estimate of drug-likeness (QED) is 0.110. The zero-order valence-corrected chi connectivity index (χ0v) is 25.8. The Morgan fingerprint density at radius 3 is 1.87 bits per heavy atom. The molecule has 4 aromatic rings. The van der Waals surface area contributed by atoms with Crippen molar-refractivity contribution in [1.82, 2.24) is 0 Å². The molecule has 8 nitrogen and oxygen atoms in total. The van der Waals surface area contributed by atoms with E-state index in [1.807, 2.05) is 91.0 Å². The number of rotatable bonds is 10. The molecule has 0 amide bonds. The van der Waals surface area contributed by atoms with Crippen LogP contribution in [-0.2, 0) is 39.8 Å². The molecule has 0 spiro atoms. The second kappa shape index (κ2) is 13.8. The van der Waals surface area contributed by atoms with Crippen LogP contribution in [0.4, 0.5) is 0 Å². The van der Waals surface area contributed by atoms with Crippen LogP contribution in [-0.4, -0.2) is 46.3 Å². The molecule has 0 aliphatic heterocycles. The van der Waals surface area contributed by atoms with E-state index in [2.05, 4.69) is 0 Å². The van der Waals surface area contributed by atoms with E-state index in [0.29, 0.717) is 17.1 Å². The summed E-state index contributed by atoms with van der Waals surface area (Å²) in [6, 6.07) is 29.0. The van der Waals surface area contributed by atoms with Crippen molar-refractivity contribution >= 4 is 29.1 Å². The van der Waals surface area contributed by atoms with E-state index in [1.54, 1.807) is 7.11 Å². The largest absolute Gasteiger partial charge is 0.469 e. The lowest BCUT2D eigenvalue weighted by Gasteiger charge is -2.34. The topological polar surface area (TPSA) is 101 Å². The Bertz CT molecular complexity index is 1670. The van der Waals surface area contributed by atoms with Gasteiger partial charge in [0.1, 0.15) is 17.6 Å². The molecule has 232 valence electrons. The van der Waals surface area contributed by atoms with Crippen molar-refractivity contribution < 1.29 is 37.7 Å². The SMILES string of the molecule is COC(=O)CC/C(=C1/CC(C(=O)OC)(C(=O)OC)Cc2oc(-c3ccccc3)c(C(OC)c3ccccc3)c21)c1ccccc1. The predicted octanol–water partition coefficient (Wildman–Crippen LogP) is 6.83. The highest BCUT2D eigenvalue weighted by atomic mass is 16.5. The highest BCUT2D eigenvalue weighted by molar-refractivity contribution is 6.06. The van der Waals surface area contributed by atoms with E-state index in [-0.39, 0.29) is 31.7 Å². The lowest BCUT2D eigenvalue weighted by atomic mass is 9.68. The van der Waals surface area contributed by atoms with E-state index >= 15 is 0 Å². The molecule has 0 bridgehead atoms. The van der Waals surface area contributed by atoms with Gasteiger partial charge in [0.05, 0.1) is 21.3 Å². The lowest BCUT2D eigenvalue weighted by molar-refractivity contribution is -0.169. The van der Waals surface area contributed by atoms with Gasteiger partial charge in [-0.2, -0.15) is 0 Å². The van der Waals surface area contributed by atoms with E-state index in [9.17, 15) is 14.4 Å². The minimum Gasteiger partial charge on any atom is -0.469 e. The molecule has 1 aliphatic carbocycles. The highest BCUT2D eigenvalue weighted by Gasteiger charge is 2.54. The number of esters is 3. The van der Waals surface area contributed by atoms with E-state index < -0.39 is 23.5 Å². The minimum absolute atomic E-state index is 0.0449. The van der Waals surface area contributed by atoms with Gasteiger partial charge in [0.2, 0.25) is 0 Å². The van der Waals surface area contributed by atoms with Gasteiger partial charge in [-0.25, -0.2) is 0 Å². The second-order valence-electron chi connectivity index (χ2n) is 10.9. The van der Waals surface area contributed by atoms with Crippen molar-refractivity contribution in [2.45, 2.75) is 31.8 Å². The number of carbonyl (C=O) groups is 3. The van der Waals surface area contributed by atoms with Gasteiger partial charge < -0.3 is 23.4 Å². The third kappa shape index (κ3) is 6.06. The van der Waals surface area contributed by atoms with Gasteiger partial charge in [-0.05, 0) is 28.7 Å². The van der Waals surface area contributed by atoms with Crippen molar-refractivity contribution in [2.24, 2.45) is 5.41 Å². The number of methoxy groups -OCH3 is 4. The molecule has 1 heterocycles. The summed E-state index contributed by atoms with van der Waals surface area (Å²) in [5.74, 6) is -0.874. The van der Waals surface area contributed by atoms with E-state index in [1.165, 1.54) is 21.3 Å². The number of hydrogen-bond acceptors (Lipinski definition) is 8. The zero-order valence-electron chi connectivity index (χ0n) is 25.8. The van der Waals surface area contributed by atoms with Gasteiger partial charge >= 0.3 is 17.9 Å². The van der Waals surface area contributed by atoms with Crippen LogP contribution in [0, 0.1) is 5.41 Å². The Hall–Kier alpha value is -4.95. The fourth-order valence-electron chi connectivity index (χ4n) is 6.24. The summed E-state index contributed by atoms with van der Waals surface area (Å²) < 4.78 is 28.4. The van der Waals surface area contributed by atoms with Crippen LogP contribution in [0.25, 0.3) is 22.5 Å². The lowest BCUT2D eigenvalue weighted by Crippen LogP contribution is -2.45. The van der Waals surface area contributed by atoms with Crippen LogP contribution >= 0.6 is 0 Å². The van der Waals surface area contributed by atoms with Crippen LogP contribution in [0.15, 0.2) is 95.4 Å². The Balaban J connectivity index is 1.92. The molecular weight excluding hydrogens is 572 g/mol. The van der Waals surface area contributed by atoms with Crippen LogP contribution in [0.3, 0.4) is 0 Å². The summed E-state index contributed by atoms with van der Waals surface area (Å²) >= 11 is 0. The fraction of sp³-hybridized carbons (Fsp3) is 0.270. The van der Waals surface area contributed by atoms with Crippen LogP contribution in [0.1, 0.15) is 53.4 Å². The van der Waals surface area contributed by atoms with Gasteiger partial charge in [-0.1, -0.05) is 91.0 Å². The maximum Gasteiger partial charge on any atom is 0.324 e. The molecule has 45 heavy (non-hydrogen) atoms. The normalized spacial score (nSPS) is 15.4. The van der Waals surface area contributed by atoms with Crippen LogP contribution < -0.4 is 0 Å².